The molecule has 3 N–H and O–H groups in total. The van der Waals surface area contributed by atoms with Crippen molar-refractivity contribution in [2.75, 3.05) is 13.1 Å². The van der Waals surface area contributed by atoms with E-state index < -0.39 is 0 Å². The smallest absolute Gasteiger partial charge is 0.0827 e. The van der Waals surface area contributed by atoms with Crippen molar-refractivity contribution in [3.8, 4) is 0 Å². The summed E-state index contributed by atoms with van der Waals surface area (Å²) in [5.74, 6) is 0. The van der Waals surface area contributed by atoms with E-state index in [1.54, 1.807) is 0 Å². The van der Waals surface area contributed by atoms with Gasteiger partial charge in [0.05, 0.1) is 16.7 Å². The van der Waals surface area contributed by atoms with Crippen molar-refractivity contribution < 1.29 is 0 Å². The second-order valence-electron chi connectivity index (χ2n) is 6.06. The lowest BCUT2D eigenvalue weighted by molar-refractivity contribution is 0.424. The molecule has 3 aromatic rings. The fourth-order valence-corrected chi connectivity index (χ4v) is 3.19. The molecule has 0 spiro atoms. The number of H-pyrrole nitrogens is 1. The molecule has 0 unspecified atom stereocenters. The Labute approximate surface area is 147 Å². The predicted molar refractivity (Wildman–Crippen MR) is 103 cm³/mol. The highest BCUT2D eigenvalue weighted by molar-refractivity contribution is 7.80. The molecule has 2 aromatic carbocycles. The third kappa shape index (κ3) is 3.99. The van der Waals surface area contributed by atoms with Crippen molar-refractivity contribution in [1.29, 1.82) is 0 Å². The Balaban J connectivity index is 1.73. The minimum Gasteiger partial charge on any atom is -0.360 e. The van der Waals surface area contributed by atoms with Gasteiger partial charge in [0.15, 0.2) is 0 Å². The molecule has 0 radical (unpaired) electrons. The molecule has 5 heteroatoms. The Morgan fingerprint density at radius 3 is 2.88 bits per heavy atom. The number of hydrogen-bond donors (Lipinski definition) is 2. The number of aryl methyl sites for hydroxylation is 1. The number of fused-ring (bicyclic) bond motifs is 1. The van der Waals surface area contributed by atoms with Crippen LogP contribution in [0.1, 0.15) is 16.7 Å². The van der Waals surface area contributed by atoms with E-state index in [1.165, 1.54) is 16.7 Å². The molecule has 0 atom stereocenters. The molecule has 3 rings (SSSR count). The second-order valence-corrected chi connectivity index (χ2v) is 6.53. The number of thiocarbonyl (C=S) groups is 1. The van der Waals surface area contributed by atoms with Gasteiger partial charge in [-0.25, -0.2) is 0 Å². The lowest BCUT2D eigenvalue weighted by atomic mass is 10.1. The van der Waals surface area contributed by atoms with E-state index in [4.69, 9.17) is 18.0 Å². The monoisotopic (exact) mass is 338 g/mol. The fraction of sp³-hybridized carbons (Fsp3) is 0.263. The van der Waals surface area contributed by atoms with Gasteiger partial charge >= 0.3 is 0 Å². The molecule has 24 heavy (non-hydrogen) atoms. The number of nitrogens with zero attached hydrogens (tertiary/aromatic N) is 2. The maximum Gasteiger partial charge on any atom is 0.0827 e. The highest BCUT2D eigenvalue weighted by atomic mass is 32.1. The molecule has 1 aromatic heterocycles. The third-order valence-electron chi connectivity index (χ3n) is 4.07. The van der Waals surface area contributed by atoms with Crippen molar-refractivity contribution >= 4 is 28.1 Å². The zero-order chi connectivity index (χ0) is 16.9. The van der Waals surface area contributed by atoms with Crippen LogP contribution in [0.2, 0.25) is 0 Å². The van der Waals surface area contributed by atoms with Crippen LogP contribution in [0.25, 0.3) is 10.9 Å². The molecule has 0 aliphatic rings. The van der Waals surface area contributed by atoms with Gasteiger partial charge in [-0.1, -0.05) is 48.1 Å². The van der Waals surface area contributed by atoms with Crippen LogP contribution in [-0.4, -0.2) is 33.2 Å². The Bertz CT molecular complexity index is 840. The summed E-state index contributed by atoms with van der Waals surface area (Å²) >= 11 is 5.70. The van der Waals surface area contributed by atoms with Gasteiger partial charge in [-0.15, -0.1) is 0 Å². The first-order valence-electron chi connectivity index (χ1n) is 8.11. The maximum atomic E-state index is 5.79. The van der Waals surface area contributed by atoms with Gasteiger partial charge in [0.1, 0.15) is 0 Å². The normalized spacial score (nSPS) is 10.9. The van der Waals surface area contributed by atoms with Crippen LogP contribution >= 0.6 is 12.2 Å². The fourth-order valence-electron chi connectivity index (χ4n) is 2.87. The van der Waals surface area contributed by atoms with Crippen LogP contribution in [0.4, 0.5) is 0 Å². The van der Waals surface area contributed by atoms with Gasteiger partial charge in [-0.3, -0.25) is 5.10 Å². The van der Waals surface area contributed by atoms with Crippen molar-refractivity contribution in [2.24, 2.45) is 5.73 Å². The van der Waals surface area contributed by atoms with E-state index in [-0.39, 0.29) is 0 Å². The highest BCUT2D eigenvalue weighted by Crippen LogP contribution is 2.15. The number of aromatic amines is 1. The standard InChI is InChI=1S/C19H22N4S/c1-14-3-2-4-16(9-14)13-23(8-7-20)19(24)11-15-5-6-18-17(10-15)12-21-22-18/h2-6,9-10,12H,7-8,11,13,20H2,1H3,(H,21,22). The summed E-state index contributed by atoms with van der Waals surface area (Å²) in [6.45, 7) is 4.26. The number of hydrogen-bond acceptors (Lipinski definition) is 3. The number of nitrogens with two attached hydrogens (primary N) is 1. The number of benzene rings is 2. The highest BCUT2D eigenvalue weighted by Gasteiger charge is 2.11. The Kier molecular flexibility index (Phi) is 5.23. The molecule has 1 heterocycles. The molecule has 0 aliphatic heterocycles. The second kappa shape index (κ2) is 7.55. The summed E-state index contributed by atoms with van der Waals surface area (Å²) in [7, 11) is 0. The van der Waals surface area contributed by atoms with Crippen molar-refractivity contribution in [2.45, 2.75) is 19.9 Å². The van der Waals surface area contributed by atoms with Gasteiger partial charge in [-0.05, 0) is 30.2 Å². The van der Waals surface area contributed by atoms with E-state index >= 15 is 0 Å². The summed E-state index contributed by atoms with van der Waals surface area (Å²) in [4.78, 5) is 3.12. The van der Waals surface area contributed by atoms with Crippen LogP contribution in [0, 0.1) is 6.92 Å². The van der Waals surface area contributed by atoms with Crippen LogP contribution in [0.5, 0.6) is 0 Å². The Morgan fingerprint density at radius 1 is 1.21 bits per heavy atom. The first-order chi connectivity index (χ1) is 11.7. The SMILES string of the molecule is Cc1cccc(CN(CCN)C(=S)Cc2ccc3[nH]ncc3c2)c1. The van der Waals surface area contributed by atoms with E-state index in [2.05, 4.69) is 58.4 Å². The molecule has 0 amide bonds. The Hall–Kier alpha value is -2.24. The first-order valence-corrected chi connectivity index (χ1v) is 8.52. The molecule has 0 saturated heterocycles. The lowest BCUT2D eigenvalue weighted by Crippen LogP contribution is -2.34. The van der Waals surface area contributed by atoms with Crippen LogP contribution in [-0.2, 0) is 13.0 Å². The molecule has 0 aliphatic carbocycles. The summed E-state index contributed by atoms with van der Waals surface area (Å²) in [6.07, 6.45) is 2.58. The minimum atomic E-state index is 0.590. The zero-order valence-electron chi connectivity index (χ0n) is 13.8. The van der Waals surface area contributed by atoms with E-state index in [1.807, 2.05) is 12.3 Å². The van der Waals surface area contributed by atoms with Crippen LogP contribution < -0.4 is 5.73 Å². The van der Waals surface area contributed by atoms with E-state index in [0.717, 1.165) is 35.4 Å². The zero-order valence-corrected chi connectivity index (χ0v) is 14.6. The van der Waals surface area contributed by atoms with Crippen LogP contribution in [0.3, 0.4) is 0 Å². The molecule has 124 valence electrons. The van der Waals surface area contributed by atoms with E-state index in [9.17, 15) is 0 Å². The predicted octanol–water partition coefficient (Wildman–Crippen LogP) is 3.20. The summed E-state index contributed by atoms with van der Waals surface area (Å²) < 4.78 is 0. The number of rotatable bonds is 6. The van der Waals surface area contributed by atoms with Crippen LogP contribution in [0.15, 0.2) is 48.7 Å². The summed E-state index contributed by atoms with van der Waals surface area (Å²) in [5.41, 5.74) is 10.6. The lowest BCUT2D eigenvalue weighted by Gasteiger charge is -2.25. The quantitative estimate of drug-likeness (QED) is 0.678. The molecular formula is C19H22N4S. The maximum absolute atomic E-state index is 5.79. The average Bonchev–Trinajstić information content (AvgIpc) is 3.02. The van der Waals surface area contributed by atoms with Gasteiger partial charge in [0, 0.05) is 31.4 Å². The molecule has 0 fully saturated rings. The summed E-state index contributed by atoms with van der Waals surface area (Å²) in [6, 6.07) is 14.8. The average molecular weight is 338 g/mol. The molecule has 0 saturated carbocycles. The van der Waals surface area contributed by atoms with Gasteiger partial charge in [0.25, 0.3) is 0 Å². The van der Waals surface area contributed by atoms with Gasteiger partial charge in [0.2, 0.25) is 0 Å². The molecule has 0 bridgehead atoms. The Morgan fingerprint density at radius 2 is 2.08 bits per heavy atom. The minimum absolute atomic E-state index is 0.590. The van der Waals surface area contributed by atoms with Crippen molar-refractivity contribution in [3.63, 3.8) is 0 Å². The summed E-state index contributed by atoms with van der Waals surface area (Å²) in [5, 5.41) is 8.15. The third-order valence-corrected chi connectivity index (χ3v) is 4.47. The van der Waals surface area contributed by atoms with Crippen molar-refractivity contribution in [3.05, 3.63) is 65.4 Å². The largest absolute Gasteiger partial charge is 0.360 e. The number of aromatic nitrogens is 2. The number of nitrogens with one attached hydrogen (secondary N) is 1. The topological polar surface area (TPSA) is 57.9 Å². The van der Waals surface area contributed by atoms with Gasteiger partial charge in [-0.2, -0.15) is 5.10 Å². The molecule has 4 nitrogen and oxygen atoms in total. The van der Waals surface area contributed by atoms with Crippen molar-refractivity contribution in [1.82, 2.24) is 15.1 Å². The van der Waals surface area contributed by atoms with E-state index in [0.29, 0.717) is 6.54 Å². The molecular weight excluding hydrogens is 316 g/mol. The first kappa shape index (κ1) is 16.6. The van der Waals surface area contributed by atoms with Gasteiger partial charge < -0.3 is 10.6 Å².